The number of thiazole rings is 1. The first-order valence-electron chi connectivity index (χ1n) is 8.19. The minimum Gasteiger partial charge on any atom is -0.477 e. The summed E-state index contributed by atoms with van der Waals surface area (Å²) in [6.07, 6.45) is 3.18. The van der Waals surface area contributed by atoms with E-state index in [1.165, 1.54) is 18.2 Å². The van der Waals surface area contributed by atoms with Crippen molar-refractivity contribution in [1.29, 1.82) is 0 Å². The molecule has 144 valence electrons. The van der Waals surface area contributed by atoms with Crippen molar-refractivity contribution in [3.05, 3.63) is 23.1 Å². The van der Waals surface area contributed by atoms with Crippen LogP contribution in [0.15, 0.2) is 23.2 Å². The summed E-state index contributed by atoms with van der Waals surface area (Å²) >= 11 is 1.12. The number of nitrogens with zero attached hydrogens (tertiary/aromatic N) is 3. The molecule has 11 heteroatoms. The molecule has 9 nitrogen and oxygen atoms in total. The topological polar surface area (TPSA) is 129 Å². The van der Waals surface area contributed by atoms with E-state index in [0.717, 1.165) is 17.6 Å². The Morgan fingerprint density at radius 2 is 2.07 bits per heavy atom. The summed E-state index contributed by atoms with van der Waals surface area (Å²) in [7, 11) is -3.53. The van der Waals surface area contributed by atoms with Gasteiger partial charge in [-0.05, 0) is 6.92 Å². The van der Waals surface area contributed by atoms with Crippen LogP contribution in [-0.2, 0) is 19.4 Å². The second kappa shape index (κ2) is 5.63. The summed E-state index contributed by atoms with van der Waals surface area (Å²) in [5.41, 5.74) is 0.366. The number of hydrogen-bond acceptors (Lipinski definition) is 7. The van der Waals surface area contributed by atoms with Crippen molar-refractivity contribution in [3.8, 4) is 0 Å². The number of fused-ring (bicyclic) bond motifs is 2. The molecule has 1 fully saturated rings. The quantitative estimate of drug-likeness (QED) is 0.699. The fourth-order valence-corrected chi connectivity index (χ4v) is 6.40. The lowest BCUT2D eigenvalue weighted by atomic mass is 9.77. The number of carboxylic acids is 1. The number of aliphatic hydroxyl groups is 1. The SMILES string of the molecule is C[C@@H](O)C1C(=O)N2C(C(=O)O)=C(c3cn4cnc(S(C)(=O)=O)c4s3)[C@H](C)[C@H]12. The molecule has 2 N–H and O–H groups in total. The van der Waals surface area contributed by atoms with Crippen LogP contribution >= 0.6 is 11.3 Å². The number of aliphatic carboxylic acids is 1. The van der Waals surface area contributed by atoms with Crippen LogP contribution in [0.5, 0.6) is 0 Å². The van der Waals surface area contributed by atoms with E-state index in [9.17, 15) is 28.2 Å². The number of imidazole rings is 1. The molecule has 1 saturated heterocycles. The average Bonchev–Trinajstić information content (AvgIpc) is 3.15. The predicted octanol–water partition coefficient (Wildman–Crippen LogP) is 0.452. The Hall–Kier alpha value is -2.24. The van der Waals surface area contributed by atoms with E-state index in [2.05, 4.69) is 4.98 Å². The van der Waals surface area contributed by atoms with Gasteiger partial charge in [-0.25, -0.2) is 18.2 Å². The maximum absolute atomic E-state index is 12.4. The number of amides is 1. The van der Waals surface area contributed by atoms with Crippen LogP contribution in [0.2, 0.25) is 0 Å². The van der Waals surface area contributed by atoms with Crippen LogP contribution in [0.4, 0.5) is 0 Å². The van der Waals surface area contributed by atoms with Gasteiger partial charge in [0.2, 0.25) is 5.91 Å². The van der Waals surface area contributed by atoms with Crippen LogP contribution in [-0.4, -0.2) is 63.2 Å². The monoisotopic (exact) mass is 411 g/mol. The Bertz CT molecular complexity index is 1130. The van der Waals surface area contributed by atoms with Gasteiger partial charge in [-0.2, -0.15) is 0 Å². The highest BCUT2D eigenvalue weighted by molar-refractivity contribution is 7.91. The Labute approximate surface area is 158 Å². The van der Waals surface area contributed by atoms with Gasteiger partial charge in [-0.3, -0.25) is 9.20 Å². The second-order valence-corrected chi connectivity index (χ2v) is 9.91. The lowest BCUT2D eigenvalue weighted by molar-refractivity contribution is -0.163. The molecule has 2 aliphatic heterocycles. The van der Waals surface area contributed by atoms with Crippen LogP contribution in [0.3, 0.4) is 0 Å². The molecule has 2 aromatic rings. The van der Waals surface area contributed by atoms with E-state index in [0.29, 0.717) is 15.3 Å². The normalized spacial score (nSPS) is 26.4. The van der Waals surface area contributed by atoms with Gasteiger partial charge in [0.25, 0.3) is 0 Å². The Balaban J connectivity index is 1.88. The van der Waals surface area contributed by atoms with E-state index in [1.54, 1.807) is 10.6 Å². The van der Waals surface area contributed by atoms with E-state index in [4.69, 9.17) is 0 Å². The molecule has 4 rings (SSSR count). The first-order chi connectivity index (χ1) is 12.5. The largest absolute Gasteiger partial charge is 0.477 e. The van der Waals surface area contributed by atoms with Crippen molar-refractivity contribution in [3.63, 3.8) is 0 Å². The molecule has 27 heavy (non-hydrogen) atoms. The number of hydrogen-bond donors (Lipinski definition) is 2. The second-order valence-electron chi connectivity index (χ2n) is 6.95. The molecule has 1 unspecified atom stereocenters. The standard InChI is InChI=1S/C16H17N3O6S2/c1-6-9(8-4-18-5-17-13(15(18)26-8)27(3,24)25)12(16(22)23)19-11(6)10(7(2)20)14(19)21/h4-7,10-11,20H,1-3H3,(H,22,23)/t6-,7+,10?,11+/m0/s1. The highest BCUT2D eigenvalue weighted by atomic mass is 32.2. The molecule has 4 atom stereocenters. The Morgan fingerprint density at radius 1 is 1.41 bits per heavy atom. The molecular formula is C16H17N3O6S2. The summed E-state index contributed by atoms with van der Waals surface area (Å²) in [6, 6.07) is -0.424. The molecule has 2 aliphatic rings. The van der Waals surface area contributed by atoms with E-state index >= 15 is 0 Å². The van der Waals surface area contributed by atoms with E-state index in [1.807, 2.05) is 6.92 Å². The molecule has 0 aliphatic carbocycles. The van der Waals surface area contributed by atoms with Gasteiger partial charge in [0.15, 0.2) is 14.9 Å². The summed E-state index contributed by atoms with van der Waals surface area (Å²) in [6.45, 7) is 3.33. The fourth-order valence-electron chi connectivity index (χ4n) is 4.05. The minimum atomic E-state index is -3.53. The van der Waals surface area contributed by atoms with Gasteiger partial charge in [0, 0.05) is 23.9 Å². The average molecular weight is 411 g/mol. The van der Waals surface area contributed by atoms with Gasteiger partial charge >= 0.3 is 5.97 Å². The number of carbonyl (C=O) groups excluding carboxylic acids is 1. The van der Waals surface area contributed by atoms with Crippen LogP contribution in [0, 0.1) is 11.8 Å². The van der Waals surface area contributed by atoms with Crippen molar-refractivity contribution in [2.45, 2.75) is 31.0 Å². The first-order valence-corrected chi connectivity index (χ1v) is 10.9. The van der Waals surface area contributed by atoms with Gasteiger partial charge in [-0.1, -0.05) is 6.92 Å². The number of aromatic nitrogens is 2. The summed E-state index contributed by atoms with van der Waals surface area (Å²) in [5, 5.41) is 19.6. The van der Waals surface area contributed by atoms with Crippen molar-refractivity contribution in [1.82, 2.24) is 14.3 Å². The fraction of sp³-hybridized carbons (Fsp3) is 0.438. The zero-order valence-electron chi connectivity index (χ0n) is 14.6. The predicted molar refractivity (Wildman–Crippen MR) is 95.7 cm³/mol. The molecule has 0 saturated carbocycles. The molecule has 4 heterocycles. The lowest BCUT2D eigenvalue weighted by Crippen LogP contribution is -2.63. The number of rotatable bonds is 4. The van der Waals surface area contributed by atoms with Gasteiger partial charge < -0.3 is 15.1 Å². The lowest BCUT2D eigenvalue weighted by Gasteiger charge is -2.46. The molecule has 2 aromatic heterocycles. The summed E-state index contributed by atoms with van der Waals surface area (Å²) < 4.78 is 25.3. The van der Waals surface area contributed by atoms with E-state index < -0.39 is 39.8 Å². The molecular weight excluding hydrogens is 394 g/mol. The summed E-state index contributed by atoms with van der Waals surface area (Å²) in [4.78, 5) is 30.4. The number of carboxylic acid groups (broad SMARTS) is 1. The highest BCUT2D eigenvalue weighted by Gasteiger charge is 2.60. The third-order valence-corrected chi connectivity index (χ3v) is 7.44. The van der Waals surface area contributed by atoms with Crippen LogP contribution in [0.25, 0.3) is 10.4 Å². The van der Waals surface area contributed by atoms with Crippen LogP contribution < -0.4 is 0 Å². The van der Waals surface area contributed by atoms with Crippen molar-refractivity contribution in [2.75, 3.05) is 6.26 Å². The van der Waals surface area contributed by atoms with E-state index in [-0.39, 0.29) is 16.6 Å². The summed E-state index contributed by atoms with van der Waals surface area (Å²) in [5.74, 6) is -2.59. The van der Waals surface area contributed by atoms with Crippen molar-refractivity contribution < 1.29 is 28.2 Å². The first kappa shape index (κ1) is 18.1. The zero-order chi connectivity index (χ0) is 19.8. The maximum atomic E-state index is 12.4. The molecule has 0 aromatic carbocycles. The highest BCUT2D eigenvalue weighted by Crippen LogP contribution is 2.51. The number of sulfone groups is 1. The third-order valence-electron chi connectivity index (χ3n) is 5.17. The molecule has 0 bridgehead atoms. The number of β-lactam (4-membered cyclic amide) rings is 1. The number of aliphatic hydroxyl groups excluding tert-OH is 1. The van der Waals surface area contributed by atoms with Crippen LogP contribution in [0.1, 0.15) is 18.7 Å². The molecule has 0 spiro atoms. The number of carbonyl (C=O) groups is 2. The smallest absolute Gasteiger partial charge is 0.352 e. The molecule has 1 amide bonds. The molecule has 0 radical (unpaired) electrons. The Morgan fingerprint density at radius 3 is 2.63 bits per heavy atom. The van der Waals surface area contributed by atoms with Gasteiger partial charge in [0.05, 0.1) is 22.9 Å². The van der Waals surface area contributed by atoms with Crippen molar-refractivity contribution in [2.24, 2.45) is 11.8 Å². The van der Waals surface area contributed by atoms with Crippen molar-refractivity contribution >= 4 is 43.5 Å². The third kappa shape index (κ3) is 2.38. The zero-order valence-corrected chi connectivity index (χ0v) is 16.3. The van der Waals surface area contributed by atoms with Gasteiger partial charge in [-0.15, -0.1) is 11.3 Å². The minimum absolute atomic E-state index is 0.0666. The van der Waals surface area contributed by atoms with Gasteiger partial charge in [0.1, 0.15) is 16.9 Å². The Kier molecular flexibility index (Phi) is 3.78. The maximum Gasteiger partial charge on any atom is 0.352 e.